The van der Waals surface area contributed by atoms with Crippen molar-refractivity contribution in [2.75, 3.05) is 17.1 Å². The van der Waals surface area contributed by atoms with Crippen LogP contribution in [0.4, 0.5) is 24.8 Å². The van der Waals surface area contributed by atoms with Gasteiger partial charge in [-0.2, -0.15) is 13.2 Å². The minimum atomic E-state index is -4.67. The van der Waals surface area contributed by atoms with Crippen molar-refractivity contribution in [1.82, 2.24) is 9.97 Å². The summed E-state index contributed by atoms with van der Waals surface area (Å²) in [5, 5.41) is 0. The Morgan fingerprint density at radius 2 is 2.11 bits per heavy atom. The Balaban J connectivity index is 2.74. The SMILES string of the molecule is CN(c1cc2nc(N)[nH]c2cc1C(F)(F)F)S(=O)O. The first-order valence-electron chi connectivity index (χ1n) is 4.91. The van der Waals surface area contributed by atoms with Crippen LogP contribution in [0.1, 0.15) is 5.56 Å². The number of nitrogens with zero attached hydrogens (tertiary/aromatic N) is 2. The average molecular weight is 294 g/mol. The zero-order valence-electron chi connectivity index (χ0n) is 9.52. The van der Waals surface area contributed by atoms with Gasteiger partial charge in [0.15, 0.2) is 5.95 Å². The molecule has 19 heavy (non-hydrogen) atoms. The summed E-state index contributed by atoms with van der Waals surface area (Å²) in [7, 11) is 1.07. The number of alkyl halides is 3. The summed E-state index contributed by atoms with van der Waals surface area (Å²) in [4.78, 5) is 6.26. The van der Waals surface area contributed by atoms with Crippen LogP contribution in [0.25, 0.3) is 11.0 Å². The lowest BCUT2D eigenvalue weighted by Gasteiger charge is -2.19. The first-order chi connectivity index (χ1) is 8.70. The highest BCUT2D eigenvalue weighted by atomic mass is 32.2. The lowest BCUT2D eigenvalue weighted by molar-refractivity contribution is -0.136. The minimum Gasteiger partial charge on any atom is -0.369 e. The zero-order valence-corrected chi connectivity index (χ0v) is 10.3. The monoisotopic (exact) mass is 294 g/mol. The van der Waals surface area contributed by atoms with Gasteiger partial charge in [0.1, 0.15) is 0 Å². The van der Waals surface area contributed by atoms with E-state index in [4.69, 9.17) is 10.3 Å². The van der Waals surface area contributed by atoms with Crippen molar-refractivity contribution < 1.29 is 21.9 Å². The summed E-state index contributed by atoms with van der Waals surface area (Å²) >= 11 is -2.58. The second-order valence-corrected chi connectivity index (χ2v) is 4.74. The predicted molar refractivity (Wildman–Crippen MR) is 64.7 cm³/mol. The molecule has 1 unspecified atom stereocenters. The van der Waals surface area contributed by atoms with Crippen LogP contribution in [-0.2, 0) is 17.4 Å². The number of nitrogens with two attached hydrogens (primary N) is 1. The first-order valence-corrected chi connectivity index (χ1v) is 5.97. The van der Waals surface area contributed by atoms with Crippen LogP contribution in [0, 0.1) is 0 Å². The smallest absolute Gasteiger partial charge is 0.369 e. The Labute approximate surface area is 107 Å². The number of benzene rings is 1. The van der Waals surface area contributed by atoms with Gasteiger partial charge in [-0.15, -0.1) is 0 Å². The highest BCUT2D eigenvalue weighted by Gasteiger charge is 2.36. The van der Waals surface area contributed by atoms with Gasteiger partial charge < -0.3 is 10.7 Å². The van der Waals surface area contributed by atoms with E-state index in [2.05, 4.69) is 9.97 Å². The van der Waals surface area contributed by atoms with E-state index in [-0.39, 0.29) is 17.0 Å². The molecule has 0 spiro atoms. The normalized spacial score (nSPS) is 13.7. The molecule has 0 aliphatic heterocycles. The van der Waals surface area contributed by atoms with Crippen LogP contribution < -0.4 is 10.0 Å². The zero-order chi connectivity index (χ0) is 14.4. The second kappa shape index (κ2) is 4.38. The third-order valence-corrected chi connectivity index (χ3v) is 3.16. The van der Waals surface area contributed by atoms with E-state index in [1.807, 2.05) is 0 Å². The van der Waals surface area contributed by atoms with Gasteiger partial charge in [0.25, 0.3) is 11.3 Å². The quantitative estimate of drug-likeness (QED) is 0.735. The van der Waals surface area contributed by atoms with Crippen LogP contribution in [0.15, 0.2) is 12.1 Å². The number of hydrogen-bond acceptors (Lipinski definition) is 3. The highest BCUT2D eigenvalue weighted by molar-refractivity contribution is 7.80. The average Bonchev–Trinajstić information content (AvgIpc) is 2.64. The van der Waals surface area contributed by atoms with Crippen molar-refractivity contribution >= 4 is 33.9 Å². The number of nitrogen functional groups attached to an aromatic ring is 1. The molecule has 2 rings (SSSR count). The molecule has 0 fully saturated rings. The van der Waals surface area contributed by atoms with Gasteiger partial charge in [-0.25, -0.2) is 9.19 Å². The summed E-state index contributed by atoms with van der Waals surface area (Å²) in [6.45, 7) is 0. The summed E-state index contributed by atoms with van der Waals surface area (Å²) in [6, 6.07) is 1.86. The number of rotatable bonds is 2. The van der Waals surface area contributed by atoms with Crippen molar-refractivity contribution in [2.24, 2.45) is 0 Å². The molecule has 2 aromatic rings. The van der Waals surface area contributed by atoms with E-state index in [0.29, 0.717) is 4.31 Å². The topological polar surface area (TPSA) is 95.2 Å². The number of imidazole rings is 1. The number of aromatic amines is 1. The molecule has 1 heterocycles. The van der Waals surface area contributed by atoms with Gasteiger partial charge in [0, 0.05) is 7.05 Å². The first kappa shape index (κ1) is 13.6. The van der Waals surface area contributed by atoms with Crippen molar-refractivity contribution in [1.29, 1.82) is 0 Å². The Kier molecular flexibility index (Phi) is 3.14. The molecule has 0 saturated carbocycles. The minimum absolute atomic E-state index is 0.0342. The Morgan fingerprint density at radius 1 is 1.47 bits per heavy atom. The predicted octanol–water partition coefficient (Wildman–Crippen LogP) is 1.74. The summed E-state index contributed by atoms with van der Waals surface area (Å²) < 4.78 is 59.2. The standard InChI is InChI=1S/C9H9F3N4O2S/c1-16(19(17)18)7-3-6-5(14-8(13)15-6)2-4(7)9(10,11)12/h2-3H,1H3,(H,17,18)(H3,13,14,15). The molecule has 0 amide bonds. The molecule has 0 bridgehead atoms. The number of nitrogens with one attached hydrogen (secondary N) is 1. The second-order valence-electron chi connectivity index (χ2n) is 3.73. The third-order valence-electron chi connectivity index (χ3n) is 2.50. The number of halogens is 3. The molecule has 1 aromatic heterocycles. The van der Waals surface area contributed by atoms with E-state index in [1.54, 1.807) is 0 Å². The molecular formula is C9H9F3N4O2S. The van der Waals surface area contributed by atoms with Crippen LogP contribution >= 0.6 is 0 Å². The van der Waals surface area contributed by atoms with Gasteiger partial charge in [-0.1, -0.05) is 0 Å². The van der Waals surface area contributed by atoms with E-state index in [9.17, 15) is 17.4 Å². The number of H-pyrrole nitrogens is 1. The Bertz CT molecular complexity index is 655. The number of anilines is 2. The van der Waals surface area contributed by atoms with E-state index < -0.39 is 28.7 Å². The molecule has 0 aliphatic rings. The molecule has 104 valence electrons. The van der Waals surface area contributed by atoms with Gasteiger partial charge in [-0.05, 0) is 12.1 Å². The van der Waals surface area contributed by atoms with Crippen molar-refractivity contribution in [2.45, 2.75) is 6.18 Å². The fourth-order valence-electron chi connectivity index (χ4n) is 1.64. The molecule has 0 saturated heterocycles. The van der Waals surface area contributed by atoms with Crippen molar-refractivity contribution in [3.8, 4) is 0 Å². The summed E-state index contributed by atoms with van der Waals surface area (Å²) in [5.74, 6) is -0.0342. The maximum atomic E-state index is 12.9. The fraction of sp³-hybridized carbons (Fsp3) is 0.222. The van der Waals surface area contributed by atoms with Crippen molar-refractivity contribution in [3.63, 3.8) is 0 Å². The lowest BCUT2D eigenvalue weighted by atomic mass is 10.1. The fourth-order valence-corrected chi connectivity index (χ4v) is 1.96. The highest BCUT2D eigenvalue weighted by Crippen LogP contribution is 2.38. The van der Waals surface area contributed by atoms with Crippen LogP contribution in [0.3, 0.4) is 0 Å². The van der Waals surface area contributed by atoms with E-state index >= 15 is 0 Å². The van der Waals surface area contributed by atoms with Crippen LogP contribution in [0.2, 0.25) is 0 Å². The van der Waals surface area contributed by atoms with E-state index in [1.165, 1.54) is 0 Å². The lowest BCUT2D eigenvalue weighted by Crippen LogP contribution is -2.23. The maximum absolute atomic E-state index is 12.9. The molecule has 0 radical (unpaired) electrons. The van der Waals surface area contributed by atoms with Crippen molar-refractivity contribution in [3.05, 3.63) is 17.7 Å². The molecule has 0 aliphatic carbocycles. The third kappa shape index (κ3) is 2.49. The van der Waals surface area contributed by atoms with E-state index in [0.717, 1.165) is 19.2 Å². The number of aromatic nitrogens is 2. The van der Waals surface area contributed by atoms with Gasteiger partial charge in [0.05, 0.1) is 22.3 Å². The van der Waals surface area contributed by atoms with Crippen LogP contribution in [0.5, 0.6) is 0 Å². The molecule has 4 N–H and O–H groups in total. The maximum Gasteiger partial charge on any atom is 0.418 e. The number of fused-ring (bicyclic) bond motifs is 1. The summed E-state index contributed by atoms with van der Waals surface area (Å²) in [5.41, 5.74) is 4.15. The molecule has 1 aromatic carbocycles. The molecule has 6 nitrogen and oxygen atoms in total. The van der Waals surface area contributed by atoms with Gasteiger partial charge >= 0.3 is 6.18 Å². The molecule has 1 atom stereocenters. The van der Waals surface area contributed by atoms with Gasteiger partial charge in [-0.3, -0.25) is 8.86 Å². The molecule has 10 heteroatoms. The Hall–Kier alpha value is -1.81. The number of hydrogen-bond donors (Lipinski definition) is 3. The molecular weight excluding hydrogens is 285 g/mol. The Morgan fingerprint density at radius 3 is 2.63 bits per heavy atom. The largest absolute Gasteiger partial charge is 0.418 e. The van der Waals surface area contributed by atoms with Crippen LogP contribution in [-0.4, -0.2) is 25.8 Å². The van der Waals surface area contributed by atoms with Gasteiger partial charge in [0.2, 0.25) is 0 Å². The summed E-state index contributed by atoms with van der Waals surface area (Å²) in [6.07, 6.45) is -4.67.